The number of aromatic nitrogens is 2. The van der Waals surface area contributed by atoms with Gasteiger partial charge in [-0.25, -0.2) is 4.98 Å². The summed E-state index contributed by atoms with van der Waals surface area (Å²) in [5, 5.41) is 1.71. The van der Waals surface area contributed by atoms with Crippen LogP contribution >= 0.6 is 11.6 Å². The van der Waals surface area contributed by atoms with E-state index in [0.717, 1.165) is 17.4 Å². The summed E-state index contributed by atoms with van der Waals surface area (Å²) in [6.07, 6.45) is 3.92. The molecule has 2 heterocycles. The molecule has 0 radical (unpaired) electrons. The van der Waals surface area contributed by atoms with E-state index < -0.39 is 0 Å². The Labute approximate surface area is 88.5 Å². The van der Waals surface area contributed by atoms with E-state index >= 15 is 0 Å². The van der Waals surface area contributed by atoms with Crippen LogP contribution in [0.2, 0.25) is 5.15 Å². The Balaban J connectivity index is 2.47. The molecule has 0 saturated carbocycles. The van der Waals surface area contributed by atoms with Crippen LogP contribution < -0.4 is 0 Å². The summed E-state index contributed by atoms with van der Waals surface area (Å²) >= 11 is 5.81. The molecule has 0 aliphatic carbocycles. The highest BCUT2D eigenvalue weighted by Crippen LogP contribution is 2.18. The summed E-state index contributed by atoms with van der Waals surface area (Å²) in [6.45, 7) is 5.43. The summed E-state index contributed by atoms with van der Waals surface area (Å²) in [4.78, 5) is 4.09. The van der Waals surface area contributed by atoms with E-state index in [1.807, 2.05) is 12.3 Å². The molecule has 2 aromatic heterocycles. The van der Waals surface area contributed by atoms with E-state index in [1.54, 1.807) is 0 Å². The summed E-state index contributed by atoms with van der Waals surface area (Å²) < 4.78 is 2.21. The summed E-state index contributed by atoms with van der Waals surface area (Å²) in [7, 11) is 0. The van der Waals surface area contributed by atoms with Gasteiger partial charge < -0.3 is 4.57 Å². The Kier molecular flexibility index (Phi) is 2.46. The molecule has 0 N–H and O–H groups in total. The van der Waals surface area contributed by atoms with Crippen LogP contribution in [0.1, 0.15) is 13.8 Å². The fourth-order valence-electron chi connectivity index (χ4n) is 1.61. The number of fused-ring (bicyclic) bond motifs is 1. The minimum atomic E-state index is 0.555. The third-order valence-electron chi connectivity index (χ3n) is 2.19. The van der Waals surface area contributed by atoms with Gasteiger partial charge in [-0.3, -0.25) is 0 Å². The molecule has 2 nitrogen and oxygen atoms in total. The number of hydrogen-bond acceptors (Lipinski definition) is 1. The first-order valence-electron chi connectivity index (χ1n) is 4.77. The number of rotatable bonds is 2. The van der Waals surface area contributed by atoms with Gasteiger partial charge in [0.05, 0.1) is 11.7 Å². The second-order valence-electron chi connectivity index (χ2n) is 3.93. The average molecular weight is 209 g/mol. The third-order valence-corrected chi connectivity index (χ3v) is 2.39. The zero-order valence-electron chi connectivity index (χ0n) is 8.37. The van der Waals surface area contributed by atoms with Crippen molar-refractivity contribution in [2.75, 3.05) is 0 Å². The van der Waals surface area contributed by atoms with Gasteiger partial charge in [-0.15, -0.1) is 0 Å². The van der Waals surface area contributed by atoms with Crippen molar-refractivity contribution in [2.45, 2.75) is 20.4 Å². The Morgan fingerprint density at radius 1 is 1.50 bits per heavy atom. The first-order chi connectivity index (χ1) is 6.66. The van der Waals surface area contributed by atoms with Crippen molar-refractivity contribution in [3.8, 4) is 0 Å². The highest BCUT2D eigenvalue weighted by Gasteiger charge is 2.03. The summed E-state index contributed by atoms with van der Waals surface area (Å²) in [5.74, 6) is 0.640. The van der Waals surface area contributed by atoms with Gasteiger partial charge >= 0.3 is 0 Å². The highest BCUT2D eigenvalue weighted by atomic mass is 35.5. The standard InChI is InChI=1S/C11H13ClN2/c1-8(2)7-14-4-3-9-5-11(12)13-6-10(9)14/h3-6,8H,7H2,1-2H3. The predicted octanol–water partition coefficient (Wildman–Crippen LogP) is 3.35. The Morgan fingerprint density at radius 2 is 2.29 bits per heavy atom. The monoisotopic (exact) mass is 208 g/mol. The highest BCUT2D eigenvalue weighted by molar-refractivity contribution is 6.30. The molecule has 3 heteroatoms. The molecule has 0 aromatic carbocycles. The first kappa shape index (κ1) is 9.53. The molecule has 0 unspecified atom stereocenters. The van der Waals surface area contributed by atoms with Gasteiger partial charge in [0.25, 0.3) is 0 Å². The lowest BCUT2D eigenvalue weighted by molar-refractivity contribution is 0.535. The lowest BCUT2D eigenvalue weighted by Crippen LogP contribution is -2.02. The molecule has 0 aliphatic heterocycles. The Morgan fingerprint density at radius 3 is 3.00 bits per heavy atom. The molecule has 0 spiro atoms. The van der Waals surface area contributed by atoms with Crippen molar-refractivity contribution >= 4 is 22.5 Å². The second kappa shape index (κ2) is 3.62. The van der Waals surface area contributed by atoms with Gasteiger partial charge in [-0.05, 0) is 18.1 Å². The lowest BCUT2D eigenvalue weighted by Gasteiger charge is -2.07. The molecular weight excluding hydrogens is 196 g/mol. The predicted molar refractivity (Wildman–Crippen MR) is 59.6 cm³/mol. The molecule has 0 bridgehead atoms. The topological polar surface area (TPSA) is 17.8 Å². The van der Waals surface area contributed by atoms with Gasteiger partial charge in [0.2, 0.25) is 0 Å². The number of hydrogen-bond donors (Lipinski definition) is 0. The lowest BCUT2D eigenvalue weighted by atomic mass is 10.2. The number of halogens is 1. The normalized spacial score (nSPS) is 11.4. The molecule has 0 saturated heterocycles. The minimum Gasteiger partial charge on any atom is -0.346 e. The molecule has 0 fully saturated rings. The molecule has 2 aromatic rings. The van der Waals surface area contributed by atoms with Crippen LogP contribution in [0.5, 0.6) is 0 Å². The smallest absolute Gasteiger partial charge is 0.129 e. The van der Waals surface area contributed by atoms with Crippen LogP contribution in [-0.2, 0) is 6.54 Å². The quantitative estimate of drug-likeness (QED) is 0.693. The van der Waals surface area contributed by atoms with Crippen LogP contribution in [-0.4, -0.2) is 9.55 Å². The van der Waals surface area contributed by atoms with E-state index in [2.05, 4.69) is 35.7 Å². The maximum atomic E-state index is 5.81. The molecule has 2 rings (SSSR count). The fourth-order valence-corrected chi connectivity index (χ4v) is 1.78. The third kappa shape index (κ3) is 1.75. The van der Waals surface area contributed by atoms with E-state index in [9.17, 15) is 0 Å². The van der Waals surface area contributed by atoms with Crippen molar-refractivity contribution < 1.29 is 0 Å². The molecular formula is C11H13ClN2. The maximum absolute atomic E-state index is 5.81. The van der Waals surface area contributed by atoms with E-state index in [0.29, 0.717) is 11.1 Å². The van der Waals surface area contributed by atoms with Crippen molar-refractivity contribution in [3.05, 3.63) is 29.7 Å². The summed E-state index contributed by atoms with van der Waals surface area (Å²) in [6, 6.07) is 3.97. The van der Waals surface area contributed by atoms with Crippen molar-refractivity contribution in [1.82, 2.24) is 9.55 Å². The van der Waals surface area contributed by atoms with E-state index in [1.165, 1.54) is 0 Å². The number of nitrogens with zero attached hydrogens (tertiary/aromatic N) is 2. The van der Waals surface area contributed by atoms with Gasteiger partial charge in [0.15, 0.2) is 0 Å². The fraction of sp³-hybridized carbons (Fsp3) is 0.364. The first-order valence-corrected chi connectivity index (χ1v) is 5.15. The van der Waals surface area contributed by atoms with Crippen LogP contribution in [0.4, 0.5) is 0 Å². The van der Waals surface area contributed by atoms with Gasteiger partial charge in [-0.2, -0.15) is 0 Å². The van der Waals surface area contributed by atoms with Crippen LogP contribution in [0.15, 0.2) is 24.5 Å². The Bertz CT molecular complexity index is 445. The minimum absolute atomic E-state index is 0.555. The molecule has 0 atom stereocenters. The zero-order chi connectivity index (χ0) is 10.1. The van der Waals surface area contributed by atoms with Crippen molar-refractivity contribution in [2.24, 2.45) is 5.92 Å². The van der Waals surface area contributed by atoms with Gasteiger partial charge in [0.1, 0.15) is 5.15 Å². The van der Waals surface area contributed by atoms with Crippen LogP contribution in [0.25, 0.3) is 10.9 Å². The largest absolute Gasteiger partial charge is 0.346 e. The SMILES string of the molecule is CC(C)Cn1ccc2cc(Cl)ncc21. The summed E-state index contributed by atoms with van der Waals surface area (Å²) in [5.41, 5.74) is 1.16. The van der Waals surface area contributed by atoms with Crippen molar-refractivity contribution in [1.29, 1.82) is 0 Å². The maximum Gasteiger partial charge on any atom is 0.129 e. The van der Waals surface area contributed by atoms with Gasteiger partial charge in [-0.1, -0.05) is 25.4 Å². The average Bonchev–Trinajstić information content (AvgIpc) is 2.47. The van der Waals surface area contributed by atoms with Crippen LogP contribution in [0, 0.1) is 5.92 Å². The second-order valence-corrected chi connectivity index (χ2v) is 4.32. The zero-order valence-corrected chi connectivity index (χ0v) is 9.12. The van der Waals surface area contributed by atoms with Gasteiger partial charge in [0, 0.05) is 18.1 Å². The molecule has 14 heavy (non-hydrogen) atoms. The van der Waals surface area contributed by atoms with E-state index in [4.69, 9.17) is 11.6 Å². The van der Waals surface area contributed by atoms with Crippen molar-refractivity contribution in [3.63, 3.8) is 0 Å². The molecule has 0 aliphatic rings. The molecule has 0 amide bonds. The number of pyridine rings is 1. The van der Waals surface area contributed by atoms with E-state index in [-0.39, 0.29) is 0 Å². The van der Waals surface area contributed by atoms with Crippen LogP contribution in [0.3, 0.4) is 0 Å². The molecule has 74 valence electrons. The Hall–Kier alpha value is -1.02.